The van der Waals surface area contributed by atoms with Crippen LogP contribution in [0.15, 0.2) is 54.6 Å². The lowest BCUT2D eigenvalue weighted by Crippen LogP contribution is -2.32. The van der Waals surface area contributed by atoms with E-state index in [0.29, 0.717) is 13.1 Å². The van der Waals surface area contributed by atoms with Crippen molar-refractivity contribution >= 4 is 0 Å². The lowest BCUT2D eigenvalue weighted by Gasteiger charge is -2.24. The molecule has 2 aromatic carbocycles. The van der Waals surface area contributed by atoms with Crippen LogP contribution in [-0.2, 0) is 13.6 Å². The molecule has 0 aliphatic carbocycles. The van der Waals surface area contributed by atoms with E-state index in [4.69, 9.17) is 9.84 Å². The van der Waals surface area contributed by atoms with Gasteiger partial charge in [-0.05, 0) is 44.0 Å². The summed E-state index contributed by atoms with van der Waals surface area (Å²) in [4.78, 5) is 2.29. The molecule has 5 nitrogen and oxygen atoms in total. The van der Waals surface area contributed by atoms with Crippen molar-refractivity contribution in [2.75, 3.05) is 13.1 Å². The van der Waals surface area contributed by atoms with Gasteiger partial charge in [0.05, 0.1) is 11.7 Å². The van der Waals surface area contributed by atoms with Crippen molar-refractivity contribution in [3.05, 3.63) is 65.7 Å². The zero-order chi connectivity index (χ0) is 21.5. The number of aryl methyl sites for hydroxylation is 2. The van der Waals surface area contributed by atoms with E-state index in [1.165, 1.54) is 0 Å². The average molecular weight is 408 g/mol. The van der Waals surface area contributed by atoms with Gasteiger partial charge < -0.3 is 9.84 Å². The van der Waals surface area contributed by atoms with Crippen molar-refractivity contribution in [3.8, 4) is 22.9 Å². The maximum Gasteiger partial charge on any atom is 0.222 e. The summed E-state index contributed by atoms with van der Waals surface area (Å²) in [5.74, 6) is 1.54. The first-order chi connectivity index (χ1) is 14.5. The fourth-order valence-electron chi connectivity index (χ4n) is 3.64. The molecule has 1 atom stereocenters. The minimum atomic E-state index is -0.338. The number of aliphatic hydroxyl groups excluding tert-OH is 1. The minimum absolute atomic E-state index is 0.338. The first kappa shape index (κ1) is 22.1. The third-order valence-corrected chi connectivity index (χ3v) is 5.20. The van der Waals surface area contributed by atoms with Gasteiger partial charge >= 0.3 is 0 Å². The van der Waals surface area contributed by atoms with Gasteiger partial charge in [-0.2, -0.15) is 5.10 Å². The van der Waals surface area contributed by atoms with Gasteiger partial charge in [-0.25, -0.2) is 4.68 Å². The number of aliphatic hydroxyl groups is 1. The maximum absolute atomic E-state index is 10.3. The Morgan fingerprint density at radius 1 is 1.10 bits per heavy atom. The molecule has 0 fully saturated rings. The van der Waals surface area contributed by atoms with Crippen LogP contribution in [0.2, 0.25) is 0 Å². The van der Waals surface area contributed by atoms with Crippen molar-refractivity contribution < 1.29 is 9.84 Å². The molecular weight excluding hydrogens is 374 g/mol. The summed E-state index contributed by atoms with van der Waals surface area (Å²) >= 11 is 0. The molecule has 1 aromatic heterocycles. The van der Waals surface area contributed by atoms with Crippen LogP contribution in [0.4, 0.5) is 0 Å². The molecule has 3 aromatic rings. The van der Waals surface area contributed by atoms with E-state index in [-0.39, 0.29) is 6.10 Å². The van der Waals surface area contributed by atoms with Crippen LogP contribution in [0, 0.1) is 6.92 Å². The Hall–Kier alpha value is -2.63. The van der Waals surface area contributed by atoms with E-state index in [2.05, 4.69) is 36.9 Å². The van der Waals surface area contributed by atoms with Crippen LogP contribution in [0.25, 0.3) is 11.3 Å². The van der Waals surface area contributed by atoms with Crippen molar-refractivity contribution in [2.24, 2.45) is 7.05 Å². The predicted octanol–water partition coefficient (Wildman–Crippen LogP) is 5.17. The number of hydrogen-bond acceptors (Lipinski definition) is 4. The van der Waals surface area contributed by atoms with Crippen molar-refractivity contribution in [1.82, 2.24) is 14.7 Å². The monoisotopic (exact) mass is 407 g/mol. The van der Waals surface area contributed by atoms with Crippen LogP contribution in [0.1, 0.15) is 37.8 Å². The summed E-state index contributed by atoms with van der Waals surface area (Å²) in [5, 5.41) is 15.1. The fraction of sp³-hybridized carbons (Fsp3) is 0.400. The van der Waals surface area contributed by atoms with E-state index < -0.39 is 0 Å². The second kappa shape index (κ2) is 10.4. The van der Waals surface area contributed by atoms with E-state index in [1.807, 2.05) is 55.1 Å². The second-order valence-electron chi connectivity index (χ2n) is 7.84. The summed E-state index contributed by atoms with van der Waals surface area (Å²) in [6.07, 6.45) is 1.42. The van der Waals surface area contributed by atoms with Gasteiger partial charge in [0.1, 0.15) is 11.4 Å². The number of rotatable bonds is 10. The zero-order valence-corrected chi connectivity index (χ0v) is 18.5. The van der Waals surface area contributed by atoms with Gasteiger partial charge in [0.25, 0.3) is 0 Å². The summed E-state index contributed by atoms with van der Waals surface area (Å²) in [6, 6.07) is 18.3. The number of ether oxygens (including phenoxy) is 1. The molecule has 3 rings (SSSR count). The highest BCUT2D eigenvalue weighted by Crippen LogP contribution is 2.34. The van der Waals surface area contributed by atoms with E-state index in [1.54, 1.807) is 0 Å². The Kier molecular flexibility index (Phi) is 7.66. The molecule has 0 amide bonds. The molecule has 0 radical (unpaired) electrons. The van der Waals surface area contributed by atoms with Gasteiger partial charge in [0.2, 0.25) is 5.88 Å². The fourth-order valence-corrected chi connectivity index (χ4v) is 3.64. The Morgan fingerprint density at radius 3 is 2.53 bits per heavy atom. The van der Waals surface area contributed by atoms with Gasteiger partial charge in [0.15, 0.2) is 0 Å². The molecule has 1 heterocycles. The van der Waals surface area contributed by atoms with Crippen LogP contribution < -0.4 is 4.74 Å². The highest BCUT2D eigenvalue weighted by Gasteiger charge is 2.23. The summed E-state index contributed by atoms with van der Waals surface area (Å²) < 4.78 is 8.16. The largest absolute Gasteiger partial charge is 0.439 e. The normalized spacial score (nSPS) is 12.3. The average Bonchev–Trinajstić information content (AvgIpc) is 3.04. The molecule has 0 saturated heterocycles. The number of aromatic nitrogens is 2. The number of hydrogen-bond donors (Lipinski definition) is 1. The zero-order valence-electron chi connectivity index (χ0n) is 18.5. The van der Waals surface area contributed by atoms with E-state index in [0.717, 1.165) is 53.4 Å². The molecule has 0 spiro atoms. The first-order valence-electron chi connectivity index (χ1n) is 10.8. The van der Waals surface area contributed by atoms with E-state index in [9.17, 15) is 5.11 Å². The molecule has 5 heteroatoms. The summed E-state index contributed by atoms with van der Waals surface area (Å²) in [6.45, 7) is 8.45. The molecular formula is C25H33N3O2. The third kappa shape index (κ3) is 5.49. The number of benzene rings is 2. The van der Waals surface area contributed by atoms with Gasteiger partial charge in [-0.3, -0.25) is 4.90 Å². The molecule has 0 aliphatic rings. The highest BCUT2D eigenvalue weighted by molar-refractivity contribution is 5.65. The Morgan fingerprint density at radius 2 is 1.87 bits per heavy atom. The second-order valence-corrected chi connectivity index (χ2v) is 7.84. The minimum Gasteiger partial charge on any atom is -0.439 e. The molecule has 0 aliphatic heterocycles. The molecule has 30 heavy (non-hydrogen) atoms. The predicted molar refractivity (Wildman–Crippen MR) is 122 cm³/mol. The smallest absolute Gasteiger partial charge is 0.222 e. The van der Waals surface area contributed by atoms with Crippen molar-refractivity contribution in [2.45, 2.75) is 46.3 Å². The maximum atomic E-state index is 10.3. The topological polar surface area (TPSA) is 50.5 Å². The standard InChI is InChI=1S/C25H33N3O2/c1-5-15-28(17-21(29)6-2)18-23-24(20-12-8-7-9-13-20)26-27(4)25(23)30-22-14-10-11-19(3)16-22/h7-14,16,21,29H,5-6,15,17-18H2,1-4H3. The van der Waals surface area contributed by atoms with Crippen LogP contribution in [0.3, 0.4) is 0 Å². The van der Waals surface area contributed by atoms with Crippen LogP contribution in [-0.4, -0.2) is 39.0 Å². The first-order valence-corrected chi connectivity index (χ1v) is 10.8. The van der Waals surface area contributed by atoms with Crippen LogP contribution in [0.5, 0.6) is 11.6 Å². The lowest BCUT2D eigenvalue weighted by atomic mass is 10.1. The molecule has 1 N–H and O–H groups in total. The van der Waals surface area contributed by atoms with Gasteiger partial charge in [0, 0.05) is 25.7 Å². The van der Waals surface area contributed by atoms with Crippen LogP contribution >= 0.6 is 0 Å². The summed E-state index contributed by atoms with van der Waals surface area (Å²) in [7, 11) is 1.92. The summed E-state index contributed by atoms with van der Waals surface area (Å²) in [5.41, 5.74) is 4.18. The third-order valence-electron chi connectivity index (χ3n) is 5.20. The van der Waals surface area contributed by atoms with E-state index >= 15 is 0 Å². The van der Waals surface area contributed by atoms with Gasteiger partial charge in [-0.1, -0.05) is 56.3 Å². The molecule has 1 unspecified atom stereocenters. The molecule has 160 valence electrons. The van der Waals surface area contributed by atoms with Gasteiger partial charge in [-0.15, -0.1) is 0 Å². The highest BCUT2D eigenvalue weighted by atomic mass is 16.5. The lowest BCUT2D eigenvalue weighted by molar-refractivity contribution is 0.105. The molecule has 0 saturated carbocycles. The Balaban J connectivity index is 2.02. The number of nitrogens with zero attached hydrogens (tertiary/aromatic N) is 3. The SMILES string of the molecule is CCCN(Cc1c(-c2ccccc2)nn(C)c1Oc1cccc(C)c1)CC(O)CC. The van der Waals surface area contributed by atoms with Crippen molar-refractivity contribution in [1.29, 1.82) is 0 Å². The quantitative estimate of drug-likeness (QED) is 0.504. The Bertz CT molecular complexity index is 937. The Labute approximate surface area is 179 Å². The van der Waals surface area contributed by atoms with Crippen molar-refractivity contribution in [3.63, 3.8) is 0 Å². The molecule has 0 bridgehead atoms.